The van der Waals surface area contributed by atoms with Crippen molar-refractivity contribution in [2.24, 2.45) is 0 Å². The summed E-state index contributed by atoms with van der Waals surface area (Å²) in [6.45, 7) is 6.08. The van der Waals surface area contributed by atoms with Crippen molar-refractivity contribution in [2.45, 2.75) is 27.2 Å². The average Bonchev–Trinajstić information content (AvgIpc) is 2.46. The molecule has 0 radical (unpaired) electrons. The van der Waals surface area contributed by atoms with Gasteiger partial charge in [-0.05, 0) is 55.2 Å². The van der Waals surface area contributed by atoms with Gasteiger partial charge in [0.15, 0.2) is 6.29 Å². The number of carbonyl (C=O) groups is 1. The van der Waals surface area contributed by atoms with Gasteiger partial charge in [0.05, 0.1) is 5.56 Å². The summed E-state index contributed by atoms with van der Waals surface area (Å²) in [7, 11) is 0. The fourth-order valence-electron chi connectivity index (χ4n) is 1.63. The van der Waals surface area contributed by atoms with Crippen LogP contribution in [0.15, 0.2) is 36.4 Å². The molecule has 0 amide bonds. The van der Waals surface area contributed by atoms with Crippen LogP contribution in [0.3, 0.4) is 0 Å². The van der Waals surface area contributed by atoms with E-state index in [1.165, 1.54) is 11.1 Å². The number of aryl methyl sites for hydroxylation is 2. The van der Waals surface area contributed by atoms with Crippen LogP contribution in [0, 0.1) is 13.8 Å². The molecule has 2 nitrogen and oxygen atoms in total. The highest BCUT2D eigenvalue weighted by Crippen LogP contribution is 2.17. The van der Waals surface area contributed by atoms with Gasteiger partial charge in [-0.3, -0.25) is 4.79 Å². The fraction of sp³-hybridized carbons (Fsp3) is 0.235. The van der Waals surface area contributed by atoms with Crippen molar-refractivity contribution < 1.29 is 9.90 Å². The normalized spacial score (nSPS) is 9.60. The number of benzene rings is 2. The topological polar surface area (TPSA) is 37.3 Å². The van der Waals surface area contributed by atoms with E-state index >= 15 is 0 Å². The molecule has 0 bridgehead atoms. The number of hydrogen-bond donors (Lipinski definition) is 1. The summed E-state index contributed by atoms with van der Waals surface area (Å²) in [4.78, 5) is 10.3. The largest absolute Gasteiger partial charge is 0.507 e. The lowest BCUT2D eigenvalue weighted by Gasteiger charge is -1.99. The highest BCUT2D eigenvalue weighted by Gasteiger charge is 1.99. The second-order valence-corrected chi connectivity index (χ2v) is 4.95. The summed E-state index contributed by atoms with van der Waals surface area (Å²) < 4.78 is 0. The van der Waals surface area contributed by atoms with Gasteiger partial charge < -0.3 is 5.11 Å². The zero-order valence-electron chi connectivity index (χ0n) is 12.0. The third kappa shape index (κ3) is 4.39. The first kappa shape index (κ1) is 16.3. The van der Waals surface area contributed by atoms with Gasteiger partial charge in [0.25, 0.3) is 0 Å². The maximum Gasteiger partial charge on any atom is 0.153 e. The summed E-state index contributed by atoms with van der Waals surface area (Å²) in [6, 6.07) is 11.0. The van der Waals surface area contributed by atoms with Gasteiger partial charge in [-0.1, -0.05) is 36.7 Å². The molecule has 0 aromatic heterocycles. The molecule has 106 valence electrons. The Kier molecular flexibility index (Phi) is 6.26. The van der Waals surface area contributed by atoms with E-state index in [1.54, 1.807) is 12.1 Å². The van der Waals surface area contributed by atoms with Gasteiger partial charge in [0, 0.05) is 5.02 Å². The van der Waals surface area contributed by atoms with Crippen LogP contribution in [0.5, 0.6) is 5.75 Å². The number of aromatic hydroxyl groups is 1. The summed E-state index contributed by atoms with van der Waals surface area (Å²) in [5, 5.41) is 9.96. The summed E-state index contributed by atoms with van der Waals surface area (Å²) in [5.74, 6) is 0.0530. The molecule has 0 heterocycles. The van der Waals surface area contributed by atoms with Crippen molar-refractivity contribution >= 4 is 17.9 Å². The zero-order valence-corrected chi connectivity index (χ0v) is 12.7. The maximum atomic E-state index is 10.3. The molecule has 0 saturated heterocycles. The second kappa shape index (κ2) is 7.71. The molecule has 0 aliphatic carbocycles. The first-order valence-electron chi connectivity index (χ1n) is 6.48. The van der Waals surface area contributed by atoms with Gasteiger partial charge in [-0.25, -0.2) is 0 Å². The van der Waals surface area contributed by atoms with E-state index in [9.17, 15) is 4.79 Å². The molecule has 3 heteroatoms. The van der Waals surface area contributed by atoms with E-state index in [4.69, 9.17) is 16.7 Å². The predicted molar refractivity (Wildman–Crippen MR) is 83.8 cm³/mol. The molecular formula is C17H19ClO2. The molecule has 0 saturated carbocycles. The van der Waals surface area contributed by atoms with Crippen molar-refractivity contribution in [3.63, 3.8) is 0 Å². The summed E-state index contributed by atoms with van der Waals surface area (Å²) in [6.07, 6.45) is 1.54. The van der Waals surface area contributed by atoms with Gasteiger partial charge in [-0.2, -0.15) is 0 Å². The first-order valence-corrected chi connectivity index (χ1v) is 6.86. The van der Waals surface area contributed by atoms with Crippen LogP contribution in [0.25, 0.3) is 0 Å². The van der Waals surface area contributed by atoms with E-state index in [-0.39, 0.29) is 5.75 Å². The van der Waals surface area contributed by atoms with Crippen LogP contribution >= 0.6 is 11.6 Å². The number of hydrogen-bond acceptors (Lipinski definition) is 2. The zero-order chi connectivity index (χ0) is 15.1. The van der Waals surface area contributed by atoms with Crippen LogP contribution in [0.1, 0.15) is 34.0 Å². The Morgan fingerprint density at radius 3 is 2.40 bits per heavy atom. The number of carbonyl (C=O) groups excluding carboxylic acids is 1. The molecule has 2 aromatic carbocycles. The Labute approximate surface area is 125 Å². The van der Waals surface area contributed by atoms with Gasteiger partial charge in [-0.15, -0.1) is 0 Å². The Morgan fingerprint density at radius 2 is 1.90 bits per heavy atom. The van der Waals surface area contributed by atoms with E-state index in [0.29, 0.717) is 11.8 Å². The Morgan fingerprint density at radius 1 is 1.20 bits per heavy atom. The van der Waals surface area contributed by atoms with Crippen LogP contribution < -0.4 is 0 Å². The van der Waals surface area contributed by atoms with Crippen molar-refractivity contribution in [1.29, 1.82) is 0 Å². The number of halogens is 1. The Bertz CT molecular complexity index is 571. The third-order valence-electron chi connectivity index (χ3n) is 3.17. The lowest BCUT2D eigenvalue weighted by molar-refractivity contribution is 0.112. The third-order valence-corrected chi connectivity index (χ3v) is 3.58. The van der Waals surface area contributed by atoms with Crippen LogP contribution in [-0.2, 0) is 6.42 Å². The van der Waals surface area contributed by atoms with Crippen molar-refractivity contribution in [2.75, 3.05) is 0 Å². The van der Waals surface area contributed by atoms with Crippen LogP contribution in [-0.4, -0.2) is 11.4 Å². The lowest BCUT2D eigenvalue weighted by Crippen LogP contribution is -1.85. The van der Waals surface area contributed by atoms with E-state index < -0.39 is 0 Å². The molecule has 2 rings (SSSR count). The molecule has 2 aromatic rings. The number of rotatable bonds is 2. The minimum absolute atomic E-state index is 0.0530. The van der Waals surface area contributed by atoms with Gasteiger partial charge in [0.1, 0.15) is 5.75 Å². The molecule has 0 aliphatic rings. The average molecular weight is 291 g/mol. The molecule has 0 aliphatic heterocycles. The van der Waals surface area contributed by atoms with E-state index in [1.807, 2.05) is 32.0 Å². The fourth-order valence-corrected chi connectivity index (χ4v) is 1.86. The predicted octanol–water partition coefficient (Wildman–Crippen LogP) is 4.72. The molecular weight excluding hydrogens is 272 g/mol. The monoisotopic (exact) mass is 290 g/mol. The molecule has 0 fully saturated rings. The highest BCUT2D eigenvalue weighted by atomic mass is 35.5. The SMILES string of the molecule is CCc1ccc(O)c(C=O)c1.Cc1cccc(Cl)c1C. The number of phenolic OH excluding ortho intramolecular Hbond substituents is 1. The summed E-state index contributed by atoms with van der Waals surface area (Å²) in [5.41, 5.74) is 3.86. The van der Waals surface area contributed by atoms with Crippen molar-refractivity contribution in [3.8, 4) is 5.75 Å². The van der Waals surface area contributed by atoms with E-state index in [2.05, 4.69) is 13.0 Å². The minimum atomic E-state index is 0.0530. The smallest absolute Gasteiger partial charge is 0.153 e. The number of aldehydes is 1. The molecule has 0 atom stereocenters. The molecule has 0 unspecified atom stereocenters. The molecule has 20 heavy (non-hydrogen) atoms. The van der Waals surface area contributed by atoms with Gasteiger partial charge >= 0.3 is 0 Å². The molecule has 1 N–H and O–H groups in total. The second-order valence-electron chi connectivity index (χ2n) is 4.55. The van der Waals surface area contributed by atoms with Gasteiger partial charge in [0.2, 0.25) is 0 Å². The Hall–Kier alpha value is -1.80. The lowest BCUT2D eigenvalue weighted by atomic mass is 10.1. The number of phenols is 1. The highest BCUT2D eigenvalue weighted by molar-refractivity contribution is 6.31. The minimum Gasteiger partial charge on any atom is -0.507 e. The van der Waals surface area contributed by atoms with Crippen LogP contribution in [0.4, 0.5) is 0 Å². The van der Waals surface area contributed by atoms with Crippen LogP contribution in [0.2, 0.25) is 5.02 Å². The quantitative estimate of drug-likeness (QED) is 0.812. The standard InChI is InChI=1S/C9H10O2.C8H9Cl/c1-2-7-3-4-9(11)8(5-7)6-10;1-6-4-3-5-8(9)7(6)2/h3-6,11H,2H2,1H3;3-5H,1-2H3. The Balaban J connectivity index is 0.000000204. The van der Waals surface area contributed by atoms with Crippen molar-refractivity contribution in [1.82, 2.24) is 0 Å². The van der Waals surface area contributed by atoms with Crippen molar-refractivity contribution in [3.05, 3.63) is 63.7 Å². The maximum absolute atomic E-state index is 10.3. The molecule has 0 spiro atoms. The first-order chi connectivity index (χ1) is 9.49. The summed E-state index contributed by atoms with van der Waals surface area (Å²) >= 11 is 5.81. The van der Waals surface area contributed by atoms with E-state index in [0.717, 1.165) is 17.0 Å².